The molecular formula is C21H23NO4. The van der Waals surface area contributed by atoms with Gasteiger partial charge in [-0.05, 0) is 36.6 Å². The lowest BCUT2D eigenvalue weighted by Gasteiger charge is -2.36. The van der Waals surface area contributed by atoms with Crippen molar-refractivity contribution in [3.8, 4) is 5.75 Å². The van der Waals surface area contributed by atoms with Gasteiger partial charge < -0.3 is 14.4 Å². The van der Waals surface area contributed by atoms with Gasteiger partial charge in [0.15, 0.2) is 6.10 Å². The number of esters is 1. The van der Waals surface area contributed by atoms with E-state index in [1.54, 1.807) is 23.1 Å². The van der Waals surface area contributed by atoms with Crippen LogP contribution in [-0.4, -0.2) is 25.1 Å². The van der Waals surface area contributed by atoms with E-state index >= 15 is 0 Å². The van der Waals surface area contributed by atoms with E-state index in [1.807, 2.05) is 45.0 Å². The number of ether oxygens (including phenoxy) is 2. The Morgan fingerprint density at radius 1 is 1.19 bits per heavy atom. The number of rotatable bonds is 4. The van der Waals surface area contributed by atoms with Gasteiger partial charge in [-0.15, -0.1) is 0 Å². The SMILES string of the molecule is COC(=O)c1ccc2c(c1)N(Cc1ccc(C)cc1)C(=O)C(C(C)C)O2. The Hall–Kier alpha value is -2.82. The first kappa shape index (κ1) is 18.0. The standard InChI is InChI=1S/C21H23NO4/c1-13(2)19-20(23)22(12-15-7-5-14(3)6-8-15)17-11-16(21(24)25-4)9-10-18(17)26-19/h5-11,13,19H,12H2,1-4H3. The van der Waals surface area contributed by atoms with Gasteiger partial charge in [0, 0.05) is 0 Å². The van der Waals surface area contributed by atoms with Gasteiger partial charge in [-0.25, -0.2) is 4.79 Å². The molecule has 0 aromatic heterocycles. The Bertz CT molecular complexity index is 826. The lowest BCUT2D eigenvalue weighted by atomic mass is 10.0. The van der Waals surface area contributed by atoms with Gasteiger partial charge in [0.1, 0.15) is 5.75 Å². The van der Waals surface area contributed by atoms with Crippen LogP contribution in [0.4, 0.5) is 5.69 Å². The van der Waals surface area contributed by atoms with E-state index in [-0.39, 0.29) is 11.8 Å². The smallest absolute Gasteiger partial charge is 0.337 e. The molecule has 26 heavy (non-hydrogen) atoms. The molecule has 1 atom stereocenters. The summed E-state index contributed by atoms with van der Waals surface area (Å²) < 4.78 is 10.7. The highest BCUT2D eigenvalue weighted by Crippen LogP contribution is 2.37. The van der Waals surface area contributed by atoms with Crippen molar-refractivity contribution in [3.05, 3.63) is 59.2 Å². The molecule has 1 heterocycles. The van der Waals surface area contributed by atoms with Crippen LogP contribution in [-0.2, 0) is 16.1 Å². The maximum atomic E-state index is 13.0. The maximum absolute atomic E-state index is 13.0. The van der Waals surface area contributed by atoms with Crippen LogP contribution in [0.3, 0.4) is 0 Å². The largest absolute Gasteiger partial charge is 0.478 e. The molecule has 1 amide bonds. The highest BCUT2D eigenvalue weighted by Gasteiger charge is 2.36. The zero-order chi connectivity index (χ0) is 18.8. The van der Waals surface area contributed by atoms with Gasteiger partial charge in [0.25, 0.3) is 5.91 Å². The molecule has 5 heteroatoms. The molecule has 2 aromatic carbocycles. The lowest BCUT2D eigenvalue weighted by molar-refractivity contribution is -0.128. The second-order valence-corrected chi connectivity index (χ2v) is 6.87. The fourth-order valence-electron chi connectivity index (χ4n) is 2.99. The number of hydrogen-bond acceptors (Lipinski definition) is 4. The molecule has 0 bridgehead atoms. The predicted octanol–water partition coefficient (Wildman–Crippen LogP) is 3.73. The summed E-state index contributed by atoms with van der Waals surface area (Å²) in [7, 11) is 1.34. The second-order valence-electron chi connectivity index (χ2n) is 6.87. The Kier molecular flexibility index (Phi) is 4.98. The number of methoxy groups -OCH3 is 1. The first-order valence-electron chi connectivity index (χ1n) is 8.66. The monoisotopic (exact) mass is 353 g/mol. The summed E-state index contributed by atoms with van der Waals surface area (Å²) in [5.41, 5.74) is 3.16. The van der Waals surface area contributed by atoms with Gasteiger partial charge in [0.05, 0.1) is 24.9 Å². The normalized spacial score (nSPS) is 16.3. The van der Waals surface area contributed by atoms with Crippen LogP contribution in [0.1, 0.15) is 35.3 Å². The molecule has 0 aliphatic carbocycles. The van der Waals surface area contributed by atoms with Gasteiger partial charge >= 0.3 is 5.97 Å². The summed E-state index contributed by atoms with van der Waals surface area (Å²) >= 11 is 0. The van der Waals surface area contributed by atoms with E-state index in [1.165, 1.54) is 7.11 Å². The number of amides is 1. The van der Waals surface area contributed by atoms with Crippen LogP contribution >= 0.6 is 0 Å². The van der Waals surface area contributed by atoms with Crippen LogP contribution < -0.4 is 9.64 Å². The summed E-state index contributed by atoms with van der Waals surface area (Å²) in [6.45, 7) is 6.36. The van der Waals surface area contributed by atoms with Crippen molar-refractivity contribution in [3.63, 3.8) is 0 Å². The van der Waals surface area contributed by atoms with Crippen molar-refractivity contribution in [2.45, 2.75) is 33.4 Å². The van der Waals surface area contributed by atoms with Crippen LogP contribution in [0.5, 0.6) is 5.75 Å². The molecule has 2 aromatic rings. The molecule has 1 aliphatic rings. The fourth-order valence-corrected chi connectivity index (χ4v) is 2.99. The molecule has 1 aliphatic heterocycles. The topological polar surface area (TPSA) is 55.8 Å². The zero-order valence-corrected chi connectivity index (χ0v) is 15.5. The average molecular weight is 353 g/mol. The van der Waals surface area contributed by atoms with Crippen molar-refractivity contribution in [2.24, 2.45) is 5.92 Å². The fraction of sp³-hybridized carbons (Fsp3) is 0.333. The molecule has 136 valence electrons. The van der Waals surface area contributed by atoms with E-state index < -0.39 is 12.1 Å². The number of benzene rings is 2. The first-order chi connectivity index (χ1) is 12.4. The molecule has 0 fully saturated rings. The van der Waals surface area contributed by atoms with Crippen LogP contribution in [0, 0.1) is 12.8 Å². The van der Waals surface area contributed by atoms with Gasteiger partial charge in [-0.2, -0.15) is 0 Å². The highest BCUT2D eigenvalue weighted by atomic mass is 16.5. The van der Waals surface area contributed by atoms with Crippen LogP contribution in [0.2, 0.25) is 0 Å². The summed E-state index contributed by atoms with van der Waals surface area (Å²) in [5, 5.41) is 0. The van der Waals surface area contributed by atoms with E-state index in [9.17, 15) is 9.59 Å². The minimum atomic E-state index is -0.545. The highest BCUT2D eigenvalue weighted by molar-refractivity contribution is 6.01. The van der Waals surface area contributed by atoms with Crippen molar-refractivity contribution < 1.29 is 19.1 Å². The third kappa shape index (κ3) is 3.43. The van der Waals surface area contributed by atoms with E-state index in [4.69, 9.17) is 9.47 Å². The van der Waals surface area contributed by atoms with Crippen LogP contribution in [0.15, 0.2) is 42.5 Å². The number of anilines is 1. The Morgan fingerprint density at radius 3 is 2.50 bits per heavy atom. The number of fused-ring (bicyclic) bond motifs is 1. The third-order valence-electron chi connectivity index (χ3n) is 4.50. The minimum Gasteiger partial charge on any atom is -0.478 e. The number of nitrogens with zero attached hydrogens (tertiary/aromatic N) is 1. The van der Waals surface area contributed by atoms with E-state index in [2.05, 4.69) is 0 Å². The molecule has 1 unspecified atom stereocenters. The van der Waals surface area contributed by atoms with Crippen molar-refractivity contribution in [2.75, 3.05) is 12.0 Å². The molecule has 0 saturated heterocycles. The van der Waals surface area contributed by atoms with Crippen molar-refractivity contribution in [1.82, 2.24) is 0 Å². The Morgan fingerprint density at radius 2 is 1.88 bits per heavy atom. The van der Waals surface area contributed by atoms with Crippen LogP contribution in [0.25, 0.3) is 0 Å². The molecule has 0 radical (unpaired) electrons. The summed E-state index contributed by atoms with van der Waals surface area (Å²) in [4.78, 5) is 26.6. The summed E-state index contributed by atoms with van der Waals surface area (Å²) in [6.07, 6.45) is -0.545. The first-order valence-corrected chi connectivity index (χ1v) is 8.66. The molecular weight excluding hydrogens is 330 g/mol. The average Bonchev–Trinajstić information content (AvgIpc) is 2.64. The zero-order valence-electron chi connectivity index (χ0n) is 15.5. The van der Waals surface area contributed by atoms with Crippen molar-refractivity contribution in [1.29, 1.82) is 0 Å². The van der Waals surface area contributed by atoms with E-state index in [0.29, 0.717) is 23.5 Å². The van der Waals surface area contributed by atoms with Gasteiger partial charge in [-0.1, -0.05) is 43.7 Å². The summed E-state index contributed by atoms with van der Waals surface area (Å²) in [5.74, 6) is 0.0936. The molecule has 0 N–H and O–H groups in total. The molecule has 5 nitrogen and oxygen atoms in total. The quantitative estimate of drug-likeness (QED) is 0.786. The Balaban J connectivity index is 2.03. The lowest BCUT2D eigenvalue weighted by Crippen LogP contribution is -2.48. The van der Waals surface area contributed by atoms with Crippen molar-refractivity contribution >= 4 is 17.6 Å². The number of carbonyl (C=O) groups excluding carboxylic acids is 2. The van der Waals surface area contributed by atoms with Gasteiger partial charge in [-0.3, -0.25) is 4.79 Å². The molecule has 3 rings (SSSR count). The molecule has 0 spiro atoms. The minimum absolute atomic E-state index is 0.0384. The van der Waals surface area contributed by atoms with E-state index in [0.717, 1.165) is 11.1 Å². The predicted molar refractivity (Wildman–Crippen MR) is 99.4 cm³/mol. The number of aryl methyl sites for hydroxylation is 1. The summed E-state index contributed by atoms with van der Waals surface area (Å²) in [6, 6.07) is 13.1. The maximum Gasteiger partial charge on any atom is 0.337 e. The number of hydrogen-bond donors (Lipinski definition) is 0. The number of carbonyl (C=O) groups is 2. The second kappa shape index (κ2) is 7.20. The van der Waals surface area contributed by atoms with Gasteiger partial charge in [0.2, 0.25) is 0 Å². The molecule has 0 saturated carbocycles. The third-order valence-corrected chi connectivity index (χ3v) is 4.50. The Labute approximate surface area is 153 Å².